The predicted octanol–water partition coefficient (Wildman–Crippen LogP) is 3.36. The number of likely N-dealkylation sites (N-methyl/N-ethyl adjacent to an activating group) is 1. The first-order valence-electron chi connectivity index (χ1n) is 9.32. The van der Waals surface area contributed by atoms with Crippen LogP contribution in [0.4, 0.5) is 5.69 Å². The number of terminal acetylenes is 1. The summed E-state index contributed by atoms with van der Waals surface area (Å²) in [6, 6.07) is 14.2. The Kier molecular flexibility index (Phi) is 5.95. The van der Waals surface area contributed by atoms with Crippen molar-refractivity contribution in [1.29, 1.82) is 0 Å². The van der Waals surface area contributed by atoms with E-state index in [1.807, 2.05) is 25.1 Å². The Balaban J connectivity index is 1.59. The van der Waals surface area contributed by atoms with E-state index in [9.17, 15) is 4.79 Å². The second kappa shape index (κ2) is 8.39. The molecule has 3 rings (SSSR count). The Bertz CT molecular complexity index is 849. The van der Waals surface area contributed by atoms with Gasteiger partial charge in [0.05, 0.1) is 0 Å². The molecule has 1 atom stereocenters. The fraction of sp³-hybridized carbons (Fsp3) is 0.348. The van der Waals surface area contributed by atoms with Gasteiger partial charge in [-0.1, -0.05) is 24.1 Å². The lowest BCUT2D eigenvalue weighted by atomic mass is 10.1. The molecule has 0 aromatic heterocycles. The van der Waals surface area contributed by atoms with Crippen molar-refractivity contribution in [2.45, 2.75) is 25.9 Å². The summed E-state index contributed by atoms with van der Waals surface area (Å²) >= 11 is 0. The van der Waals surface area contributed by atoms with Gasteiger partial charge >= 0.3 is 0 Å². The summed E-state index contributed by atoms with van der Waals surface area (Å²) in [5.41, 5.74) is 4.37. The predicted molar refractivity (Wildman–Crippen MR) is 111 cm³/mol. The van der Waals surface area contributed by atoms with Crippen LogP contribution in [0.2, 0.25) is 0 Å². The molecular weight excluding hydrogens is 334 g/mol. The number of nitrogens with one attached hydrogen (secondary N) is 1. The highest BCUT2D eigenvalue weighted by Gasteiger charge is 2.23. The highest BCUT2D eigenvalue weighted by molar-refractivity contribution is 6.04. The number of aryl methyl sites for hydroxylation is 1. The quantitative estimate of drug-likeness (QED) is 0.830. The lowest BCUT2D eigenvalue weighted by Crippen LogP contribution is -2.31. The molecule has 27 heavy (non-hydrogen) atoms. The van der Waals surface area contributed by atoms with Gasteiger partial charge in [0.1, 0.15) is 0 Å². The topological polar surface area (TPSA) is 35.6 Å². The summed E-state index contributed by atoms with van der Waals surface area (Å²) in [7, 11) is 4.29. The number of hydrogen-bond acceptors (Lipinski definition) is 3. The minimum atomic E-state index is -0.146. The van der Waals surface area contributed by atoms with E-state index in [2.05, 4.69) is 47.3 Å². The van der Waals surface area contributed by atoms with E-state index in [1.54, 1.807) is 12.1 Å². The Hall–Kier alpha value is -2.61. The largest absolute Gasteiger partial charge is 0.322 e. The molecule has 1 saturated heterocycles. The highest BCUT2D eigenvalue weighted by Crippen LogP contribution is 2.18. The summed E-state index contributed by atoms with van der Waals surface area (Å²) in [6.45, 7) is 5.13. The summed E-state index contributed by atoms with van der Waals surface area (Å²) in [4.78, 5) is 17.2. The van der Waals surface area contributed by atoms with Gasteiger partial charge in [0, 0.05) is 42.5 Å². The summed E-state index contributed by atoms with van der Waals surface area (Å²) in [6.07, 6.45) is 6.71. The minimum Gasteiger partial charge on any atom is -0.322 e. The smallest absolute Gasteiger partial charge is 0.255 e. The van der Waals surface area contributed by atoms with Gasteiger partial charge in [-0.05, 0) is 62.8 Å². The summed E-state index contributed by atoms with van der Waals surface area (Å²) in [5, 5.41) is 2.94. The highest BCUT2D eigenvalue weighted by atomic mass is 16.1. The molecule has 1 aliphatic rings. The van der Waals surface area contributed by atoms with Crippen LogP contribution < -0.4 is 5.32 Å². The fourth-order valence-electron chi connectivity index (χ4n) is 3.45. The number of carbonyl (C=O) groups excluding carboxylic acids is 1. The zero-order valence-corrected chi connectivity index (χ0v) is 16.3. The zero-order valence-electron chi connectivity index (χ0n) is 16.3. The third-order valence-electron chi connectivity index (χ3n) is 5.25. The van der Waals surface area contributed by atoms with Gasteiger partial charge in [-0.2, -0.15) is 0 Å². The van der Waals surface area contributed by atoms with Gasteiger partial charge in [-0.25, -0.2) is 0 Å². The molecule has 2 aromatic rings. The number of hydrogen-bond donors (Lipinski definition) is 1. The first-order chi connectivity index (χ1) is 13.0. The molecule has 0 spiro atoms. The number of likely N-dealkylation sites (tertiary alicyclic amines) is 1. The second-order valence-corrected chi connectivity index (χ2v) is 7.47. The molecule has 1 fully saturated rings. The molecule has 1 N–H and O–H groups in total. The van der Waals surface area contributed by atoms with Crippen molar-refractivity contribution < 1.29 is 4.79 Å². The standard InChI is InChI=1S/C23H27N3O/c1-5-19-14-20(9-6-17(19)2)23(27)24-21-10-7-18(8-11-21)15-26-13-12-22(16-26)25(3)4/h1,6-11,14,22H,12-13,15-16H2,2-4H3,(H,24,27)/t22-/m1/s1. The zero-order chi connectivity index (χ0) is 19.4. The van der Waals surface area contributed by atoms with E-state index >= 15 is 0 Å². The normalized spacial score (nSPS) is 17.1. The molecular formula is C23H27N3O. The van der Waals surface area contributed by atoms with Gasteiger partial charge in [0.25, 0.3) is 5.91 Å². The molecule has 1 heterocycles. The van der Waals surface area contributed by atoms with Gasteiger partial charge < -0.3 is 10.2 Å². The Morgan fingerprint density at radius 1 is 1.26 bits per heavy atom. The van der Waals surface area contributed by atoms with Crippen LogP contribution >= 0.6 is 0 Å². The number of benzene rings is 2. The molecule has 4 heteroatoms. The molecule has 0 unspecified atom stereocenters. The van der Waals surface area contributed by atoms with Crippen LogP contribution in [0.3, 0.4) is 0 Å². The first-order valence-corrected chi connectivity index (χ1v) is 9.32. The third kappa shape index (κ3) is 4.77. The van der Waals surface area contributed by atoms with Crippen molar-refractivity contribution in [3.05, 3.63) is 64.7 Å². The van der Waals surface area contributed by atoms with Gasteiger partial charge in [-0.15, -0.1) is 6.42 Å². The Labute approximate surface area is 162 Å². The number of rotatable bonds is 5. The minimum absolute atomic E-state index is 0.146. The maximum Gasteiger partial charge on any atom is 0.255 e. The molecule has 0 aliphatic carbocycles. The lowest BCUT2D eigenvalue weighted by molar-refractivity contribution is 0.102. The SMILES string of the molecule is C#Cc1cc(C(=O)Nc2ccc(CN3CC[C@@H](N(C)C)C3)cc2)ccc1C. The molecule has 2 aromatic carbocycles. The summed E-state index contributed by atoms with van der Waals surface area (Å²) in [5.74, 6) is 2.47. The number of anilines is 1. The van der Waals surface area contributed by atoms with Gasteiger partial charge in [0.15, 0.2) is 0 Å². The van der Waals surface area contributed by atoms with E-state index in [4.69, 9.17) is 6.42 Å². The average Bonchev–Trinajstić information content (AvgIpc) is 3.12. The van der Waals surface area contributed by atoms with Crippen molar-refractivity contribution >= 4 is 11.6 Å². The maximum atomic E-state index is 12.5. The maximum absolute atomic E-state index is 12.5. The van der Waals surface area contributed by atoms with E-state index in [0.717, 1.165) is 36.4 Å². The van der Waals surface area contributed by atoms with E-state index in [-0.39, 0.29) is 5.91 Å². The van der Waals surface area contributed by atoms with Crippen LogP contribution in [-0.4, -0.2) is 48.9 Å². The molecule has 1 amide bonds. The van der Waals surface area contributed by atoms with Gasteiger partial charge in [0.2, 0.25) is 0 Å². The first kappa shape index (κ1) is 19.2. The Morgan fingerprint density at radius 2 is 2.00 bits per heavy atom. The fourth-order valence-corrected chi connectivity index (χ4v) is 3.45. The third-order valence-corrected chi connectivity index (χ3v) is 5.25. The number of carbonyl (C=O) groups is 1. The van der Waals surface area contributed by atoms with Crippen LogP contribution in [0, 0.1) is 19.3 Å². The van der Waals surface area contributed by atoms with Crippen molar-refractivity contribution in [3.8, 4) is 12.3 Å². The van der Waals surface area contributed by atoms with E-state index in [1.165, 1.54) is 12.0 Å². The lowest BCUT2D eigenvalue weighted by Gasteiger charge is -2.20. The van der Waals surface area contributed by atoms with Crippen LogP contribution in [0.15, 0.2) is 42.5 Å². The molecule has 0 radical (unpaired) electrons. The Morgan fingerprint density at radius 3 is 2.63 bits per heavy atom. The van der Waals surface area contributed by atoms with Gasteiger partial charge in [-0.3, -0.25) is 9.69 Å². The number of nitrogens with zero attached hydrogens (tertiary/aromatic N) is 2. The van der Waals surface area contributed by atoms with E-state index in [0.29, 0.717) is 11.6 Å². The van der Waals surface area contributed by atoms with Crippen LogP contribution in [0.25, 0.3) is 0 Å². The second-order valence-electron chi connectivity index (χ2n) is 7.47. The molecule has 1 aliphatic heterocycles. The van der Waals surface area contributed by atoms with Crippen LogP contribution in [0.1, 0.15) is 33.5 Å². The average molecular weight is 361 g/mol. The monoisotopic (exact) mass is 361 g/mol. The van der Waals surface area contributed by atoms with Crippen molar-refractivity contribution in [2.75, 3.05) is 32.5 Å². The van der Waals surface area contributed by atoms with Crippen molar-refractivity contribution in [3.63, 3.8) is 0 Å². The molecule has 0 saturated carbocycles. The summed E-state index contributed by atoms with van der Waals surface area (Å²) < 4.78 is 0. The molecule has 4 nitrogen and oxygen atoms in total. The van der Waals surface area contributed by atoms with Crippen molar-refractivity contribution in [1.82, 2.24) is 9.80 Å². The van der Waals surface area contributed by atoms with E-state index < -0.39 is 0 Å². The number of amides is 1. The van der Waals surface area contributed by atoms with Crippen LogP contribution in [0.5, 0.6) is 0 Å². The molecule has 140 valence electrons. The van der Waals surface area contributed by atoms with Crippen LogP contribution in [-0.2, 0) is 6.54 Å². The molecule has 0 bridgehead atoms. The van der Waals surface area contributed by atoms with Crippen molar-refractivity contribution in [2.24, 2.45) is 0 Å².